The predicted molar refractivity (Wildman–Crippen MR) is 115 cm³/mol. The van der Waals surface area contributed by atoms with Gasteiger partial charge in [-0.1, -0.05) is 23.2 Å². The third-order valence-corrected chi connectivity index (χ3v) is 6.65. The first-order valence-corrected chi connectivity index (χ1v) is 12.2. The van der Waals surface area contributed by atoms with Gasteiger partial charge in [0.25, 0.3) is 5.52 Å². The molecule has 166 valence electrons. The Kier molecular flexibility index (Phi) is 6.51. The highest BCUT2D eigenvalue weighted by Crippen LogP contribution is 2.32. The highest BCUT2D eigenvalue weighted by atomic mass is 32.2. The van der Waals surface area contributed by atoms with Crippen molar-refractivity contribution in [1.29, 1.82) is 0 Å². The summed E-state index contributed by atoms with van der Waals surface area (Å²) in [4.78, 5) is 0. The van der Waals surface area contributed by atoms with Crippen LogP contribution in [-0.2, 0) is 32.6 Å². The summed E-state index contributed by atoms with van der Waals surface area (Å²) < 4.78 is 47.4. The second kappa shape index (κ2) is 9.15. The normalized spacial score (nSPS) is 12.5. The average Bonchev–Trinajstić information content (AvgIpc) is 3.19. The number of aromatic nitrogens is 2. The standard InChI is InChI=1S/C20H22N2O7S2/c1-14-21(9-5-11-31(24,25)26)19-12-16-15-6-2-3-7-17(15)22(8-4-10-30-29-28-23)18(16)13-20(19)27-14/h2-3,6-7,12-13H,4-5,8-11H2,1H3,(H-,23,24,25,26). The van der Waals surface area contributed by atoms with Crippen molar-refractivity contribution in [2.75, 3.05) is 11.5 Å². The van der Waals surface area contributed by atoms with Gasteiger partial charge in [0.05, 0.1) is 22.6 Å². The van der Waals surface area contributed by atoms with E-state index in [2.05, 4.69) is 32.1 Å². The SMILES string of the molecule is Cc1oc2cc3c(cc2[n+]1CCCS(=O)(=O)[O-])c1ccccc1n3CCCSOOO. The molecule has 0 aliphatic rings. The monoisotopic (exact) mass is 466 g/mol. The van der Waals surface area contributed by atoms with Crippen LogP contribution in [0.15, 0.2) is 40.8 Å². The van der Waals surface area contributed by atoms with Crippen LogP contribution in [0.2, 0.25) is 0 Å². The van der Waals surface area contributed by atoms with Crippen LogP contribution in [0.3, 0.4) is 0 Å². The number of rotatable bonds is 10. The third-order valence-electron chi connectivity index (χ3n) is 5.25. The smallest absolute Gasteiger partial charge is 0.344 e. The van der Waals surface area contributed by atoms with Gasteiger partial charge >= 0.3 is 5.89 Å². The molecular weight excluding hydrogens is 444 g/mol. The molecule has 0 atom stereocenters. The van der Waals surface area contributed by atoms with Crippen molar-refractivity contribution in [3.05, 3.63) is 42.3 Å². The van der Waals surface area contributed by atoms with E-state index in [4.69, 9.17) is 9.67 Å². The molecule has 0 amide bonds. The molecule has 0 aliphatic heterocycles. The quantitative estimate of drug-likeness (QED) is 0.0942. The third kappa shape index (κ3) is 4.71. The highest BCUT2D eigenvalue weighted by molar-refractivity contribution is 7.94. The molecule has 2 aromatic heterocycles. The number of oxazole rings is 1. The van der Waals surface area contributed by atoms with Crippen LogP contribution in [-0.4, -0.2) is 34.3 Å². The number of aryl methyl sites for hydroxylation is 3. The van der Waals surface area contributed by atoms with Crippen LogP contribution < -0.4 is 4.57 Å². The minimum atomic E-state index is -4.25. The largest absolute Gasteiger partial charge is 0.748 e. The lowest BCUT2D eigenvalue weighted by atomic mass is 10.1. The predicted octanol–water partition coefficient (Wildman–Crippen LogP) is 3.53. The first kappa shape index (κ1) is 22.1. The molecule has 0 spiro atoms. The van der Waals surface area contributed by atoms with Crippen LogP contribution in [0.5, 0.6) is 0 Å². The van der Waals surface area contributed by atoms with Gasteiger partial charge in [-0.25, -0.2) is 13.7 Å². The van der Waals surface area contributed by atoms with Crippen molar-refractivity contribution in [2.45, 2.75) is 32.9 Å². The van der Waals surface area contributed by atoms with E-state index in [9.17, 15) is 13.0 Å². The molecule has 4 rings (SSSR count). The maximum atomic E-state index is 11.0. The van der Waals surface area contributed by atoms with E-state index in [1.807, 2.05) is 29.7 Å². The van der Waals surface area contributed by atoms with Gasteiger partial charge in [0.15, 0.2) is 6.54 Å². The van der Waals surface area contributed by atoms with Crippen LogP contribution >= 0.6 is 12.0 Å². The minimum Gasteiger partial charge on any atom is -0.748 e. The van der Waals surface area contributed by atoms with E-state index in [1.165, 1.54) is 0 Å². The molecule has 0 unspecified atom stereocenters. The fourth-order valence-electron chi connectivity index (χ4n) is 4.00. The fourth-order valence-corrected chi connectivity index (χ4v) is 4.84. The molecule has 1 N–H and O–H groups in total. The Bertz CT molecular complexity index is 1330. The summed E-state index contributed by atoms with van der Waals surface area (Å²) in [6, 6.07) is 12.2. The number of hydrogen-bond acceptors (Lipinski definition) is 8. The zero-order valence-corrected chi connectivity index (χ0v) is 18.4. The minimum absolute atomic E-state index is 0.225. The van der Waals surface area contributed by atoms with Crippen molar-refractivity contribution >= 4 is 55.1 Å². The van der Waals surface area contributed by atoms with E-state index in [0.29, 0.717) is 23.8 Å². The molecule has 0 saturated heterocycles. The Morgan fingerprint density at radius 1 is 1.19 bits per heavy atom. The van der Waals surface area contributed by atoms with Crippen LogP contribution in [0.1, 0.15) is 18.7 Å². The highest BCUT2D eigenvalue weighted by Gasteiger charge is 2.22. The molecule has 4 aromatic rings. The van der Waals surface area contributed by atoms with E-state index < -0.39 is 15.9 Å². The van der Waals surface area contributed by atoms with Crippen molar-refractivity contribution in [1.82, 2.24) is 4.57 Å². The molecule has 0 bridgehead atoms. The summed E-state index contributed by atoms with van der Waals surface area (Å²) in [5.41, 5.74) is 3.68. The summed E-state index contributed by atoms with van der Waals surface area (Å²) in [7, 11) is -4.25. The van der Waals surface area contributed by atoms with E-state index in [1.54, 1.807) is 0 Å². The maximum absolute atomic E-state index is 11.0. The lowest BCUT2D eigenvalue weighted by Gasteiger charge is -2.06. The van der Waals surface area contributed by atoms with Gasteiger partial charge in [0.1, 0.15) is 0 Å². The van der Waals surface area contributed by atoms with E-state index >= 15 is 0 Å². The Labute approximate surface area is 183 Å². The van der Waals surface area contributed by atoms with E-state index in [-0.39, 0.29) is 6.42 Å². The Hall–Kier alpha value is -2.15. The topological polar surface area (TPSA) is 118 Å². The lowest BCUT2D eigenvalue weighted by Crippen LogP contribution is -2.36. The molecule has 11 heteroatoms. The molecule has 9 nitrogen and oxygen atoms in total. The molecule has 0 saturated carbocycles. The molecule has 0 fully saturated rings. The zero-order chi connectivity index (χ0) is 22.0. The van der Waals surface area contributed by atoms with Gasteiger partial charge in [0.2, 0.25) is 5.58 Å². The fraction of sp³-hybridized carbons (Fsp3) is 0.350. The lowest BCUT2D eigenvalue weighted by molar-refractivity contribution is -0.682. The number of fused-ring (bicyclic) bond motifs is 4. The van der Waals surface area contributed by atoms with Crippen molar-refractivity contribution in [2.24, 2.45) is 0 Å². The second-order valence-electron chi connectivity index (χ2n) is 7.21. The zero-order valence-electron chi connectivity index (χ0n) is 16.8. The van der Waals surface area contributed by atoms with Gasteiger partial charge in [-0.3, -0.25) is 0 Å². The van der Waals surface area contributed by atoms with Gasteiger partial charge < -0.3 is 13.5 Å². The molecule has 2 aromatic carbocycles. The van der Waals surface area contributed by atoms with Crippen molar-refractivity contribution in [3.63, 3.8) is 0 Å². The molecule has 0 radical (unpaired) electrons. The summed E-state index contributed by atoms with van der Waals surface area (Å²) in [6.07, 6.45) is 1.02. The van der Waals surface area contributed by atoms with Crippen LogP contribution in [0.4, 0.5) is 0 Å². The molecular formula is C20H22N2O7S2. The van der Waals surface area contributed by atoms with Gasteiger partial charge in [-0.2, -0.15) is 4.57 Å². The van der Waals surface area contributed by atoms with Gasteiger partial charge in [-0.15, -0.1) is 4.33 Å². The summed E-state index contributed by atoms with van der Waals surface area (Å²) in [5, 5.41) is 14.0. The Morgan fingerprint density at radius 3 is 2.77 bits per heavy atom. The first-order valence-electron chi connectivity index (χ1n) is 9.76. The summed E-state index contributed by atoms with van der Waals surface area (Å²) in [5.74, 6) is 0.884. The molecule has 0 aliphatic carbocycles. The van der Waals surface area contributed by atoms with Crippen molar-refractivity contribution in [3.8, 4) is 0 Å². The van der Waals surface area contributed by atoms with Gasteiger partial charge in [0, 0.05) is 64.9 Å². The second-order valence-corrected chi connectivity index (χ2v) is 9.52. The number of para-hydroxylation sites is 1. The molecule has 2 heterocycles. The van der Waals surface area contributed by atoms with Gasteiger partial charge in [-0.05, 0) is 12.5 Å². The Morgan fingerprint density at radius 2 is 2.00 bits per heavy atom. The van der Waals surface area contributed by atoms with Crippen LogP contribution in [0.25, 0.3) is 32.9 Å². The van der Waals surface area contributed by atoms with Crippen molar-refractivity contribution < 1.29 is 36.6 Å². The summed E-state index contributed by atoms with van der Waals surface area (Å²) >= 11 is 1.03. The van der Waals surface area contributed by atoms with Crippen LogP contribution in [0, 0.1) is 6.92 Å². The van der Waals surface area contributed by atoms with E-state index in [0.717, 1.165) is 52.3 Å². The number of benzene rings is 2. The average molecular weight is 467 g/mol. The number of hydrogen-bond donors (Lipinski definition) is 1. The number of nitrogens with zero attached hydrogens (tertiary/aromatic N) is 2. The molecule has 31 heavy (non-hydrogen) atoms. The summed E-state index contributed by atoms with van der Waals surface area (Å²) in [6.45, 7) is 2.94. The maximum Gasteiger partial charge on any atom is 0.344 e. The Balaban J connectivity index is 1.74. The first-order chi connectivity index (χ1) is 14.9.